The highest BCUT2D eigenvalue weighted by Crippen LogP contribution is 2.33. The average Bonchev–Trinajstić information content (AvgIpc) is 2.71. The van der Waals surface area contributed by atoms with Crippen LogP contribution in [0, 0.1) is 0 Å². The van der Waals surface area contributed by atoms with Crippen LogP contribution in [-0.2, 0) is 14.3 Å². The van der Waals surface area contributed by atoms with E-state index in [-0.39, 0.29) is 18.2 Å². The van der Waals surface area contributed by atoms with Gasteiger partial charge < -0.3 is 15.2 Å². The van der Waals surface area contributed by atoms with Crippen molar-refractivity contribution < 1.29 is 14.3 Å². The van der Waals surface area contributed by atoms with Crippen molar-refractivity contribution in [3.63, 3.8) is 0 Å². The van der Waals surface area contributed by atoms with Crippen molar-refractivity contribution in [1.82, 2.24) is 4.90 Å². The molecule has 0 radical (unpaired) electrons. The molecule has 2 aliphatic rings. The van der Waals surface area contributed by atoms with Crippen LogP contribution < -0.4 is 5.73 Å². The van der Waals surface area contributed by atoms with Crippen LogP contribution in [0.5, 0.6) is 0 Å². The van der Waals surface area contributed by atoms with Gasteiger partial charge in [-0.3, -0.25) is 9.69 Å². The maximum Gasteiger partial charge on any atom is 0.325 e. The monoisotopic (exact) mass is 256 g/mol. The lowest BCUT2D eigenvalue weighted by Gasteiger charge is -2.39. The number of ether oxygens (including phenoxy) is 2. The molecule has 1 saturated heterocycles. The third-order valence-electron chi connectivity index (χ3n) is 4.08. The second-order valence-corrected chi connectivity index (χ2v) is 5.76. The summed E-state index contributed by atoms with van der Waals surface area (Å²) in [6.45, 7) is 6.03. The molecule has 1 aliphatic carbocycles. The van der Waals surface area contributed by atoms with Gasteiger partial charge in [-0.25, -0.2) is 0 Å². The Balaban J connectivity index is 1.98. The van der Waals surface area contributed by atoms with Crippen molar-refractivity contribution in [3.05, 3.63) is 0 Å². The minimum atomic E-state index is -0.788. The number of morpholine rings is 1. The first-order valence-corrected chi connectivity index (χ1v) is 6.71. The van der Waals surface area contributed by atoms with Gasteiger partial charge in [0.05, 0.1) is 19.3 Å². The van der Waals surface area contributed by atoms with Crippen molar-refractivity contribution in [3.8, 4) is 0 Å². The first-order chi connectivity index (χ1) is 8.44. The lowest BCUT2D eigenvalue weighted by Crippen LogP contribution is -2.52. The van der Waals surface area contributed by atoms with Gasteiger partial charge in [-0.15, -0.1) is 0 Å². The number of esters is 1. The fraction of sp³-hybridized carbons (Fsp3) is 0.923. The van der Waals surface area contributed by atoms with Gasteiger partial charge in [0.1, 0.15) is 5.54 Å². The molecule has 4 atom stereocenters. The number of nitrogens with two attached hydrogens (primary N) is 1. The first kappa shape index (κ1) is 13.8. The van der Waals surface area contributed by atoms with E-state index >= 15 is 0 Å². The summed E-state index contributed by atoms with van der Waals surface area (Å²) < 4.78 is 10.5. The van der Waals surface area contributed by atoms with E-state index in [1.165, 1.54) is 7.11 Å². The highest BCUT2D eigenvalue weighted by atomic mass is 16.5. The molecule has 0 aromatic carbocycles. The van der Waals surface area contributed by atoms with E-state index in [0.29, 0.717) is 18.9 Å². The lowest BCUT2D eigenvalue weighted by molar-refractivity contribution is -0.147. The highest BCUT2D eigenvalue weighted by Gasteiger charge is 2.45. The molecule has 2 N–H and O–H groups in total. The van der Waals surface area contributed by atoms with Crippen molar-refractivity contribution >= 4 is 5.97 Å². The summed E-state index contributed by atoms with van der Waals surface area (Å²) in [6, 6.07) is 0.378. The molecule has 2 rings (SSSR count). The molecule has 0 amide bonds. The van der Waals surface area contributed by atoms with Crippen molar-refractivity contribution in [1.29, 1.82) is 0 Å². The van der Waals surface area contributed by atoms with E-state index in [9.17, 15) is 4.79 Å². The Bertz CT molecular complexity index is 313. The van der Waals surface area contributed by atoms with Crippen LogP contribution in [-0.4, -0.2) is 54.9 Å². The Kier molecular flexibility index (Phi) is 3.94. The smallest absolute Gasteiger partial charge is 0.325 e. The van der Waals surface area contributed by atoms with Gasteiger partial charge in [-0.2, -0.15) is 0 Å². The first-order valence-electron chi connectivity index (χ1n) is 6.71. The van der Waals surface area contributed by atoms with E-state index in [0.717, 1.165) is 19.5 Å². The molecule has 2 fully saturated rings. The van der Waals surface area contributed by atoms with Crippen LogP contribution in [0.4, 0.5) is 0 Å². The average molecular weight is 256 g/mol. The Labute approximate surface area is 109 Å². The predicted molar refractivity (Wildman–Crippen MR) is 68.2 cm³/mol. The molecule has 18 heavy (non-hydrogen) atoms. The molecule has 1 aliphatic heterocycles. The fourth-order valence-corrected chi connectivity index (χ4v) is 3.26. The maximum atomic E-state index is 11.7. The van der Waals surface area contributed by atoms with Crippen molar-refractivity contribution in [2.45, 2.75) is 56.9 Å². The van der Waals surface area contributed by atoms with E-state index in [2.05, 4.69) is 18.7 Å². The quantitative estimate of drug-likeness (QED) is 0.730. The topological polar surface area (TPSA) is 64.8 Å². The van der Waals surface area contributed by atoms with Gasteiger partial charge in [0, 0.05) is 19.1 Å². The SMILES string of the molecule is COC(=O)C1(N)CCC(N2CC(C)OC(C)C2)C1. The van der Waals surface area contributed by atoms with Crippen molar-refractivity contribution in [2.75, 3.05) is 20.2 Å². The second-order valence-electron chi connectivity index (χ2n) is 5.76. The maximum absolute atomic E-state index is 11.7. The number of methoxy groups -OCH3 is 1. The molecule has 0 spiro atoms. The molecule has 1 saturated carbocycles. The Morgan fingerprint density at radius 2 is 2.00 bits per heavy atom. The number of nitrogens with zero attached hydrogens (tertiary/aromatic N) is 1. The van der Waals surface area contributed by atoms with Gasteiger partial charge in [0.2, 0.25) is 0 Å². The Morgan fingerprint density at radius 3 is 2.56 bits per heavy atom. The molecule has 104 valence electrons. The van der Waals surface area contributed by atoms with Crippen molar-refractivity contribution in [2.24, 2.45) is 5.73 Å². The van der Waals surface area contributed by atoms with E-state index < -0.39 is 5.54 Å². The minimum Gasteiger partial charge on any atom is -0.468 e. The minimum absolute atomic E-state index is 0.250. The summed E-state index contributed by atoms with van der Waals surface area (Å²) in [7, 11) is 1.41. The molecule has 4 unspecified atom stereocenters. The number of hydrogen-bond acceptors (Lipinski definition) is 5. The normalized spacial score (nSPS) is 41.9. The summed E-state index contributed by atoms with van der Waals surface area (Å²) in [5.41, 5.74) is 5.36. The number of carbonyl (C=O) groups is 1. The molecule has 5 heteroatoms. The van der Waals surface area contributed by atoms with Gasteiger partial charge in [0.25, 0.3) is 0 Å². The zero-order chi connectivity index (χ0) is 13.3. The van der Waals surface area contributed by atoms with Gasteiger partial charge >= 0.3 is 5.97 Å². The Morgan fingerprint density at radius 1 is 1.39 bits per heavy atom. The molecule has 5 nitrogen and oxygen atoms in total. The standard InChI is InChI=1S/C13H24N2O3/c1-9-7-15(8-10(2)18-9)11-4-5-13(14,6-11)12(16)17-3/h9-11H,4-8,14H2,1-3H3. The van der Waals surface area contributed by atoms with Crippen LogP contribution in [0.2, 0.25) is 0 Å². The zero-order valence-corrected chi connectivity index (χ0v) is 11.5. The second kappa shape index (κ2) is 5.15. The van der Waals surface area contributed by atoms with E-state index in [1.807, 2.05) is 0 Å². The summed E-state index contributed by atoms with van der Waals surface area (Å²) in [6.07, 6.45) is 2.87. The third kappa shape index (κ3) is 2.68. The molecule has 1 heterocycles. The molecule has 0 bridgehead atoms. The predicted octanol–water partition coefficient (Wildman–Crippen LogP) is 0.519. The van der Waals surface area contributed by atoms with E-state index in [1.54, 1.807) is 0 Å². The highest BCUT2D eigenvalue weighted by molar-refractivity contribution is 5.81. The van der Waals surface area contributed by atoms with Gasteiger partial charge in [-0.1, -0.05) is 0 Å². The number of rotatable bonds is 2. The molecule has 0 aromatic heterocycles. The number of carbonyl (C=O) groups excluding carboxylic acids is 1. The molecule has 0 aromatic rings. The largest absolute Gasteiger partial charge is 0.468 e. The van der Waals surface area contributed by atoms with E-state index in [4.69, 9.17) is 15.2 Å². The summed E-state index contributed by atoms with van der Waals surface area (Å²) in [5.74, 6) is -0.278. The van der Waals surface area contributed by atoms with Crippen LogP contribution >= 0.6 is 0 Å². The summed E-state index contributed by atoms with van der Waals surface area (Å²) >= 11 is 0. The van der Waals surface area contributed by atoms with Gasteiger partial charge in [0.15, 0.2) is 0 Å². The summed E-state index contributed by atoms with van der Waals surface area (Å²) in [4.78, 5) is 14.1. The third-order valence-corrected chi connectivity index (χ3v) is 4.08. The molecular weight excluding hydrogens is 232 g/mol. The lowest BCUT2D eigenvalue weighted by atomic mass is 9.99. The van der Waals surface area contributed by atoms with Crippen LogP contribution in [0.1, 0.15) is 33.1 Å². The van der Waals surface area contributed by atoms with Crippen LogP contribution in [0.25, 0.3) is 0 Å². The summed E-state index contributed by atoms with van der Waals surface area (Å²) in [5, 5.41) is 0. The van der Waals surface area contributed by atoms with Gasteiger partial charge in [-0.05, 0) is 33.1 Å². The number of hydrogen-bond donors (Lipinski definition) is 1. The molecular formula is C13H24N2O3. The Hall–Kier alpha value is -0.650. The van der Waals surface area contributed by atoms with Crippen LogP contribution in [0.15, 0.2) is 0 Å². The van der Waals surface area contributed by atoms with Crippen LogP contribution in [0.3, 0.4) is 0 Å². The zero-order valence-electron chi connectivity index (χ0n) is 11.5. The fourth-order valence-electron chi connectivity index (χ4n) is 3.26.